The number of carbonyl (C=O) groups is 1. The Hall–Kier alpha value is -1.23. The van der Waals surface area contributed by atoms with Crippen molar-refractivity contribution in [2.75, 3.05) is 7.11 Å². The minimum Gasteiger partial charge on any atom is -0.373 e. The van der Waals surface area contributed by atoms with E-state index >= 15 is 0 Å². The Bertz CT molecular complexity index is 461. The zero-order valence-electron chi connectivity index (χ0n) is 13.8. The van der Waals surface area contributed by atoms with Gasteiger partial charge in [-0.15, -0.1) is 0 Å². The van der Waals surface area contributed by atoms with E-state index in [1.807, 2.05) is 37.3 Å². The maximum atomic E-state index is 11.2. The van der Waals surface area contributed by atoms with Gasteiger partial charge in [0.2, 0.25) is 0 Å². The first-order chi connectivity index (χ1) is 10.6. The highest BCUT2D eigenvalue weighted by Crippen LogP contribution is 2.35. The third-order valence-corrected chi connectivity index (χ3v) is 4.53. The Morgan fingerprint density at radius 3 is 2.50 bits per heavy atom. The van der Waals surface area contributed by atoms with E-state index in [1.54, 1.807) is 7.11 Å². The fourth-order valence-corrected chi connectivity index (χ4v) is 3.24. The van der Waals surface area contributed by atoms with Crippen molar-refractivity contribution >= 4 is 6.29 Å². The normalized spacial score (nSPS) is 33.4. The number of hydrogen-bond donors (Lipinski definition) is 0. The van der Waals surface area contributed by atoms with Gasteiger partial charge in [-0.1, -0.05) is 51.1 Å². The molecule has 4 heteroatoms. The zero-order valence-corrected chi connectivity index (χ0v) is 13.8. The highest BCUT2D eigenvalue weighted by molar-refractivity contribution is 5.54. The number of methoxy groups -OCH3 is 1. The molecule has 0 aliphatic carbocycles. The molecule has 122 valence electrons. The largest absolute Gasteiger partial charge is 0.373 e. The van der Waals surface area contributed by atoms with E-state index in [0.717, 1.165) is 11.8 Å². The monoisotopic (exact) mass is 306 g/mol. The van der Waals surface area contributed by atoms with Gasteiger partial charge in [-0.3, -0.25) is 0 Å². The summed E-state index contributed by atoms with van der Waals surface area (Å²) in [5.74, 6) is 0.0621. The summed E-state index contributed by atoms with van der Waals surface area (Å²) in [4.78, 5) is 11.2. The van der Waals surface area contributed by atoms with Crippen LogP contribution >= 0.6 is 0 Å². The molecule has 0 bridgehead atoms. The number of ether oxygens (including phenoxy) is 3. The molecule has 1 aromatic rings. The minimum absolute atomic E-state index is 0.00805. The fraction of sp³-hybridized carbons (Fsp3) is 0.611. The Morgan fingerprint density at radius 2 is 1.91 bits per heavy atom. The highest BCUT2D eigenvalue weighted by Gasteiger charge is 2.44. The van der Waals surface area contributed by atoms with Crippen molar-refractivity contribution in [2.24, 2.45) is 17.8 Å². The van der Waals surface area contributed by atoms with Crippen LogP contribution in [0.15, 0.2) is 30.3 Å². The molecule has 22 heavy (non-hydrogen) atoms. The van der Waals surface area contributed by atoms with Crippen LogP contribution in [0.25, 0.3) is 0 Å². The Labute approximate surface area is 132 Å². The number of carbonyl (C=O) groups excluding carboxylic acids is 1. The molecule has 1 aliphatic heterocycles. The van der Waals surface area contributed by atoms with Gasteiger partial charge in [-0.05, 0) is 5.56 Å². The summed E-state index contributed by atoms with van der Waals surface area (Å²) in [6.07, 6.45) is 0.410. The van der Waals surface area contributed by atoms with Gasteiger partial charge in [-0.2, -0.15) is 0 Å². The first-order valence-corrected chi connectivity index (χ1v) is 7.87. The van der Waals surface area contributed by atoms with Gasteiger partial charge in [0.15, 0.2) is 6.29 Å². The molecule has 0 amide bonds. The second kappa shape index (κ2) is 7.86. The van der Waals surface area contributed by atoms with Crippen LogP contribution in [0, 0.1) is 17.8 Å². The molecule has 6 atom stereocenters. The zero-order chi connectivity index (χ0) is 16.1. The number of hydrogen-bond acceptors (Lipinski definition) is 4. The summed E-state index contributed by atoms with van der Waals surface area (Å²) in [6, 6.07) is 10.1. The third kappa shape index (κ3) is 3.75. The molecule has 1 heterocycles. The average Bonchev–Trinajstić information content (AvgIpc) is 2.55. The summed E-state index contributed by atoms with van der Waals surface area (Å²) >= 11 is 0. The molecule has 1 aliphatic rings. The van der Waals surface area contributed by atoms with Gasteiger partial charge in [0.25, 0.3) is 0 Å². The highest BCUT2D eigenvalue weighted by atomic mass is 16.7. The molecule has 0 saturated carbocycles. The van der Waals surface area contributed by atoms with Crippen molar-refractivity contribution in [1.29, 1.82) is 0 Å². The first kappa shape index (κ1) is 17.1. The molecule has 0 N–H and O–H groups in total. The lowest BCUT2D eigenvalue weighted by atomic mass is 9.81. The maximum Gasteiger partial charge on any atom is 0.162 e. The van der Waals surface area contributed by atoms with Crippen LogP contribution < -0.4 is 0 Å². The van der Waals surface area contributed by atoms with Crippen LogP contribution in [0.4, 0.5) is 0 Å². The van der Waals surface area contributed by atoms with Crippen LogP contribution in [0.2, 0.25) is 0 Å². The van der Waals surface area contributed by atoms with E-state index in [0.29, 0.717) is 6.61 Å². The van der Waals surface area contributed by atoms with E-state index in [2.05, 4.69) is 13.8 Å². The maximum absolute atomic E-state index is 11.2. The van der Waals surface area contributed by atoms with Crippen LogP contribution in [0.3, 0.4) is 0 Å². The quantitative estimate of drug-likeness (QED) is 0.758. The lowest BCUT2D eigenvalue weighted by molar-refractivity contribution is -0.269. The second-order valence-corrected chi connectivity index (χ2v) is 6.18. The molecule has 2 rings (SSSR count). The van der Waals surface area contributed by atoms with Crippen LogP contribution in [-0.4, -0.2) is 31.9 Å². The second-order valence-electron chi connectivity index (χ2n) is 6.18. The molecule has 0 unspecified atom stereocenters. The summed E-state index contributed by atoms with van der Waals surface area (Å²) in [7, 11) is 1.63. The molecule has 4 nitrogen and oxygen atoms in total. The fourth-order valence-electron chi connectivity index (χ4n) is 3.24. The average molecular weight is 306 g/mol. The van der Waals surface area contributed by atoms with Gasteiger partial charge < -0.3 is 19.0 Å². The van der Waals surface area contributed by atoms with Crippen molar-refractivity contribution in [3.05, 3.63) is 35.9 Å². The Balaban J connectivity index is 2.09. The third-order valence-electron chi connectivity index (χ3n) is 4.53. The number of aldehydes is 1. The van der Waals surface area contributed by atoms with Crippen molar-refractivity contribution < 1.29 is 19.0 Å². The Morgan fingerprint density at radius 1 is 1.23 bits per heavy atom. The van der Waals surface area contributed by atoms with Gasteiger partial charge in [0.1, 0.15) is 6.29 Å². The minimum atomic E-state index is -0.343. The van der Waals surface area contributed by atoms with E-state index in [-0.39, 0.29) is 36.3 Å². The molecule has 0 radical (unpaired) electrons. The van der Waals surface area contributed by atoms with Crippen LogP contribution in [0.5, 0.6) is 0 Å². The summed E-state index contributed by atoms with van der Waals surface area (Å²) in [6.45, 7) is 6.59. The van der Waals surface area contributed by atoms with Crippen molar-refractivity contribution in [3.8, 4) is 0 Å². The van der Waals surface area contributed by atoms with Crippen LogP contribution in [-0.2, 0) is 25.6 Å². The summed E-state index contributed by atoms with van der Waals surface area (Å²) in [5, 5.41) is 0. The molecule has 1 saturated heterocycles. The number of rotatable bonds is 6. The molecular weight excluding hydrogens is 280 g/mol. The van der Waals surface area contributed by atoms with Gasteiger partial charge in [0, 0.05) is 24.9 Å². The summed E-state index contributed by atoms with van der Waals surface area (Å²) in [5.41, 5.74) is 1.14. The Kier molecular flexibility index (Phi) is 6.12. The predicted molar refractivity (Wildman–Crippen MR) is 84.2 cm³/mol. The number of benzene rings is 1. The van der Waals surface area contributed by atoms with Gasteiger partial charge >= 0.3 is 0 Å². The predicted octanol–water partition coefficient (Wildman–Crippen LogP) is 3.05. The van der Waals surface area contributed by atoms with Crippen molar-refractivity contribution in [2.45, 2.75) is 45.9 Å². The molecule has 1 aromatic carbocycles. The lowest BCUT2D eigenvalue weighted by Crippen LogP contribution is -2.52. The van der Waals surface area contributed by atoms with Gasteiger partial charge in [-0.25, -0.2) is 0 Å². The van der Waals surface area contributed by atoms with Crippen molar-refractivity contribution in [1.82, 2.24) is 0 Å². The lowest BCUT2D eigenvalue weighted by Gasteiger charge is -2.45. The SMILES string of the molecule is CO[C@H]1O[C@H]([C@H](C)C=O)[C@H](C)[C@H](OCc2ccccc2)[C@@H]1C. The van der Waals surface area contributed by atoms with E-state index < -0.39 is 0 Å². The summed E-state index contributed by atoms with van der Waals surface area (Å²) < 4.78 is 17.6. The first-order valence-electron chi connectivity index (χ1n) is 7.87. The standard InChI is InChI=1S/C18H26O4/c1-12(10-19)16-13(2)17(14(3)18(20-4)22-16)21-11-15-8-6-5-7-9-15/h5-10,12-14,16-18H,11H2,1-4H3/t12-,13+,14+,16-,17+,18+/m1/s1. The molecule has 0 aromatic heterocycles. The van der Waals surface area contributed by atoms with E-state index in [4.69, 9.17) is 14.2 Å². The van der Waals surface area contributed by atoms with E-state index in [9.17, 15) is 4.79 Å². The topological polar surface area (TPSA) is 44.8 Å². The van der Waals surface area contributed by atoms with Gasteiger partial charge in [0.05, 0.1) is 18.8 Å². The van der Waals surface area contributed by atoms with E-state index in [1.165, 1.54) is 0 Å². The molecule has 0 spiro atoms. The molecule has 1 fully saturated rings. The van der Waals surface area contributed by atoms with Crippen LogP contribution in [0.1, 0.15) is 26.3 Å². The smallest absolute Gasteiger partial charge is 0.162 e. The molecular formula is C18H26O4. The van der Waals surface area contributed by atoms with Crippen molar-refractivity contribution in [3.63, 3.8) is 0 Å².